The first-order valence-electron chi connectivity index (χ1n) is 6.88. The minimum atomic E-state index is -0.341. The van der Waals surface area contributed by atoms with Gasteiger partial charge in [-0.25, -0.2) is 0 Å². The number of ether oxygens (including phenoxy) is 3. The molecule has 0 rings (SSSR count). The summed E-state index contributed by atoms with van der Waals surface area (Å²) in [6.45, 7) is 4.03. The van der Waals surface area contributed by atoms with Crippen LogP contribution in [0.3, 0.4) is 0 Å². The first-order valence-corrected chi connectivity index (χ1v) is 6.88. The Morgan fingerprint density at radius 1 is 0.952 bits per heavy atom. The Kier molecular flexibility index (Phi) is 11.7. The summed E-state index contributed by atoms with van der Waals surface area (Å²) in [5.41, 5.74) is 0. The molecule has 0 saturated carbocycles. The summed E-state index contributed by atoms with van der Waals surface area (Å²) in [4.78, 5) is 33.1. The van der Waals surface area contributed by atoms with Crippen LogP contribution in [0, 0.1) is 0 Å². The molecule has 0 saturated heterocycles. The highest BCUT2D eigenvalue weighted by molar-refractivity contribution is 5.77. The number of hydrogen-bond donors (Lipinski definition) is 1. The van der Waals surface area contributed by atoms with Crippen molar-refractivity contribution in [3.05, 3.63) is 0 Å². The zero-order valence-corrected chi connectivity index (χ0v) is 13.0. The maximum Gasteiger partial charge on any atom is 0.246 e. The molecule has 7 nitrogen and oxygen atoms in total. The normalized spacial score (nSPS) is 10.7. The summed E-state index contributed by atoms with van der Waals surface area (Å²) >= 11 is 0. The van der Waals surface area contributed by atoms with Crippen molar-refractivity contribution in [2.45, 2.75) is 32.7 Å². The molecule has 0 aromatic heterocycles. The Morgan fingerprint density at radius 3 is 1.81 bits per heavy atom. The van der Waals surface area contributed by atoms with E-state index in [0.29, 0.717) is 26.1 Å². The van der Waals surface area contributed by atoms with Gasteiger partial charge in [0.05, 0.1) is 32.5 Å². The molecule has 21 heavy (non-hydrogen) atoms. The van der Waals surface area contributed by atoms with E-state index >= 15 is 0 Å². The molecule has 0 heterocycles. The SMILES string of the molecule is COCC(=O)NC(COCCC(C)=O)COCCC(C)=O. The Hall–Kier alpha value is -1.31. The fourth-order valence-electron chi connectivity index (χ4n) is 1.41. The Bertz CT molecular complexity index is 309. The van der Waals surface area contributed by atoms with Crippen molar-refractivity contribution in [3.63, 3.8) is 0 Å². The summed E-state index contributed by atoms with van der Waals surface area (Å²) in [5.74, 6) is -0.173. The fraction of sp³-hybridized carbons (Fsp3) is 0.786. The quantitative estimate of drug-likeness (QED) is 0.486. The number of carbonyl (C=O) groups is 3. The Balaban J connectivity index is 4.04. The van der Waals surface area contributed by atoms with Gasteiger partial charge in [-0.2, -0.15) is 0 Å². The molecule has 0 spiro atoms. The van der Waals surface area contributed by atoms with Crippen LogP contribution in [0.25, 0.3) is 0 Å². The van der Waals surface area contributed by atoms with Crippen molar-refractivity contribution >= 4 is 17.5 Å². The number of hydrogen-bond acceptors (Lipinski definition) is 6. The summed E-state index contributed by atoms with van der Waals surface area (Å²) in [7, 11) is 1.43. The lowest BCUT2D eigenvalue weighted by molar-refractivity contribution is -0.127. The van der Waals surface area contributed by atoms with Crippen molar-refractivity contribution in [2.75, 3.05) is 40.1 Å². The second kappa shape index (κ2) is 12.4. The lowest BCUT2D eigenvalue weighted by Crippen LogP contribution is -2.43. The van der Waals surface area contributed by atoms with Crippen LogP contribution in [-0.4, -0.2) is 63.7 Å². The summed E-state index contributed by atoms with van der Waals surface area (Å²) in [5, 5.41) is 2.71. The van der Waals surface area contributed by atoms with Crippen LogP contribution in [0.2, 0.25) is 0 Å². The average molecular weight is 303 g/mol. The predicted molar refractivity (Wildman–Crippen MR) is 76.0 cm³/mol. The molecule has 0 bridgehead atoms. The van der Waals surface area contributed by atoms with Gasteiger partial charge in [0.1, 0.15) is 18.2 Å². The lowest BCUT2D eigenvalue weighted by Gasteiger charge is -2.18. The topological polar surface area (TPSA) is 90.9 Å². The zero-order valence-electron chi connectivity index (χ0n) is 13.0. The fourth-order valence-corrected chi connectivity index (χ4v) is 1.41. The van der Waals surface area contributed by atoms with E-state index in [1.54, 1.807) is 0 Å². The molecule has 7 heteroatoms. The molecule has 0 aliphatic carbocycles. The molecule has 0 atom stereocenters. The minimum absolute atomic E-state index is 0.0443. The van der Waals surface area contributed by atoms with Crippen LogP contribution in [0.4, 0.5) is 0 Å². The van der Waals surface area contributed by atoms with Gasteiger partial charge >= 0.3 is 0 Å². The lowest BCUT2D eigenvalue weighted by atomic mass is 10.3. The van der Waals surface area contributed by atoms with Crippen molar-refractivity contribution in [1.82, 2.24) is 5.32 Å². The third-order valence-electron chi connectivity index (χ3n) is 2.48. The number of ketones is 2. The molecule has 1 amide bonds. The van der Waals surface area contributed by atoms with E-state index in [9.17, 15) is 14.4 Å². The van der Waals surface area contributed by atoms with Gasteiger partial charge in [-0.05, 0) is 13.8 Å². The van der Waals surface area contributed by atoms with Gasteiger partial charge in [0.25, 0.3) is 0 Å². The van der Waals surface area contributed by atoms with E-state index in [4.69, 9.17) is 14.2 Å². The molecule has 0 fully saturated rings. The third kappa shape index (κ3) is 13.4. The van der Waals surface area contributed by atoms with Crippen LogP contribution in [0.5, 0.6) is 0 Å². The van der Waals surface area contributed by atoms with E-state index in [1.807, 2.05) is 0 Å². The van der Waals surface area contributed by atoms with Crippen LogP contribution < -0.4 is 5.32 Å². The molecular weight excluding hydrogens is 278 g/mol. The van der Waals surface area contributed by atoms with E-state index < -0.39 is 0 Å². The van der Waals surface area contributed by atoms with E-state index in [2.05, 4.69) is 5.32 Å². The highest BCUT2D eigenvalue weighted by Crippen LogP contribution is 1.94. The van der Waals surface area contributed by atoms with Gasteiger partial charge in [-0.1, -0.05) is 0 Å². The van der Waals surface area contributed by atoms with Gasteiger partial charge in [-0.3, -0.25) is 14.4 Å². The second-order valence-corrected chi connectivity index (χ2v) is 4.75. The van der Waals surface area contributed by atoms with Crippen LogP contribution >= 0.6 is 0 Å². The van der Waals surface area contributed by atoms with Crippen LogP contribution in [0.1, 0.15) is 26.7 Å². The van der Waals surface area contributed by atoms with Gasteiger partial charge < -0.3 is 19.5 Å². The highest BCUT2D eigenvalue weighted by atomic mass is 16.5. The van der Waals surface area contributed by atoms with Crippen LogP contribution in [-0.2, 0) is 28.6 Å². The molecule has 0 aromatic rings. The van der Waals surface area contributed by atoms with Gasteiger partial charge in [-0.15, -0.1) is 0 Å². The Labute approximate surface area is 125 Å². The zero-order chi connectivity index (χ0) is 16.1. The molecule has 122 valence electrons. The number of carbonyl (C=O) groups excluding carboxylic acids is 3. The number of amides is 1. The standard InChI is InChI=1S/C14H25NO6/c1-11(16)4-6-20-8-13(15-14(18)10-19-3)9-21-7-5-12(2)17/h13H,4-10H2,1-3H3,(H,15,18). The van der Waals surface area contributed by atoms with E-state index in [1.165, 1.54) is 21.0 Å². The van der Waals surface area contributed by atoms with Crippen molar-refractivity contribution in [3.8, 4) is 0 Å². The first-order chi connectivity index (χ1) is 9.95. The minimum Gasteiger partial charge on any atom is -0.379 e. The molecule has 0 aliphatic heterocycles. The number of rotatable bonds is 13. The summed E-state index contributed by atoms with van der Waals surface area (Å²) in [6, 6.07) is -0.341. The number of nitrogens with one attached hydrogen (secondary N) is 1. The smallest absolute Gasteiger partial charge is 0.246 e. The average Bonchev–Trinajstić information content (AvgIpc) is 2.39. The van der Waals surface area contributed by atoms with Crippen molar-refractivity contribution < 1.29 is 28.6 Å². The largest absolute Gasteiger partial charge is 0.379 e. The van der Waals surface area contributed by atoms with E-state index in [0.717, 1.165) is 0 Å². The Morgan fingerprint density at radius 2 is 1.43 bits per heavy atom. The molecular formula is C14H25NO6. The van der Waals surface area contributed by atoms with Gasteiger partial charge in [0.2, 0.25) is 5.91 Å². The van der Waals surface area contributed by atoms with Gasteiger partial charge in [0, 0.05) is 20.0 Å². The third-order valence-corrected chi connectivity index (χ3v) is 2.48. The monoisotopic (exact) mass is 303 g/mol. The van der Waals surface area contributed by atoms with E-state index in [-0.39, 0.29) is 43.3 Å². The van der Waals surface area contributed by atoms with Crippen LogP contribution in [0.15, 0.2) is 0 Å². The summed E-state index contributed by atoms with van der Waals surface area (Å²) in [6.07, 6.45) is 0.674. The number of Topliss-reactive ketones (excluding diaryl/α,β-unsaturated/α-hetero) is 2. The van der Waals surface area contributed by atoms with Gasteiger partial charge in [0.15, 0.2) is 0 Å². The molecule has 0 unspecified atom stereocenters. The predicted octanol–water partition coefficient (Wildman–Crippen LogP) is 0.109. The van der Waals surface area contributed by atoms with Crippen molar-refractivity contribution in [1.29, 1.82) is 0 Å². The maximum atomic E-state index is 11.5. The van der Waals surface area contributed by atoms with Crippen molar-refractivity contribution in [2.24, 2.45) is 0 Å². The first kappa shape index (κ1) is 19.7. The molecule has 0 radical (unpaired) electrons. The molecule has 0 aliphatic rings. The highest BCUT2D eigenvalue weighted by Gasteiger charge is 2.13. The second-order valence-electron chi connectivity index (χ2n) is 4.75. The summed E-state index contributed by atoms with van der Waals surface area (Å²) < 4.78 is 15.4. The molecule has 0 aromatic carbocycles. The number of methoxy groups -OCH3 is 1. The maximum absolute atomic E-state index is 11.5. The molecule has 1 N–H and O–H groups in total.